The number of halogens is 1. The molecule has 0 radical (unpaired) electrons. The third-order valence-electron chi connectivity index (χ3n) is 6.17. The molecule has 5 rings (SSSR count). The van der Waals surface area contributed by atoms with Gasteiger partial charge in [-0.3, -0.25) is 0 Å². The molecule has 104 valence electrons. The molecule has 18 heavy (non-hydrogen) atoms. The third kappa shape index (κ3) is 2.33. The summed E-state index contributed by atoms with van der Waals surface area (Å²) in [4.78, 5) is 2.82. The molecule has 0 amide bonds. The lowest BCUT2D eigenvalue weighted by Crippen LogP contribution is -2.51. The average molecular weight is 270 g/mol. The molecule has 5 fully saturated rings. The van der Waals surface area contributed by atoms with Gasteiger partial charge < -0.3 is 4.90 Å². The summed E-state index contributed by atoms with van der Waals surface area (Å²) in [6, 6.07) is 0. The van der Waals surface area contributed by atoms with Crippen LogP contribution in [-0.4, -0.2) is 24.5 Å². The van der Waals surface area contributed by atoms with Gasteiger partial charge in [0.25, 0.3) is 0 Å². The molecule has 4 bridgehead atoms. The largest absolute Gasteiger partial charge is 0.303 e. The maximum atomic E-state index is 2.82. The molecule has 1 saturated heterocycles. The van der Waals surface area contributed by atoms with Gasteiger partial charge in [0.15, 0.2) is 0 Å². The van der Waals surface area contributed by atoms with Crippen LogP contribution >= 0.6 is 12.4 Å². The van der Waals surface area contributed by atoms with Crippen molar-refractivity contribution in [3.63, 3.8) is 0 Å². The highest BCUT2D eigenvalue weighted by molar-refractivity contribution is 5.85. The summed E-state index contributed by atoms with van der Waals surface area (Å²) in [7, 11) is 0. The molecule has 0 aromatic carbocycles. The summed E-state index contributed by atoms with van der Waals surface area (Å²) in [5.74, 6) is 3.39. The fourth-order valence-electron chi connectivity index (χ4n) is 6.08. The van der Waals surface area contributed by atoms with Crippen LogP contribution in [0.15, 0.2) is 0 Å². The Morgan fingerprint density at radius 1 is 0.778 bits per heavy atom. The molecular weight excluding hydrogens is 242 g/mol. The van der Waals surface area contributed by atoms with Crippen molar-refractivity contribution in [3.8, 4) is 0 Å². The van der Waals surface area contributed by atoms with E-state index in [1.165, 1.54) is 38.9 Å². The Kier molecular flexibility index (Phi) is 3.66. The zero-order valence-electron chi connectivity index (χ0n) is 11.6. The highest BCUT2D eigenvalue weighted by atomic mass is 35.5. The minimum Gasteiger partial charge on any atom is -0.303 e. The van der Waals surface area contributed by atoms with Gasteiger partial charge in [0.05, 0.1) is 0 Å². The number of hydrogen-bond acceptors (Lipinski definition) is 1. The average Bonchev–Trinajstić information content (AvgIpc) is 2.27. The Bertz CT molecular complexity index is 260. The zero-order chi connectivity index (χ0) is 11.3. The standard InChI is InChI=1S/C16H27N.ClH/c1-2-4-17(5-3-1)12-16-9-13-6-14(10-16)8-15(7-13)11-16;/h13-15H,1-12H2;1H. The summed E-state index contributed by atoms with van der Waals surface area (Å²) < 4.78 is 0. The molecule has 1 aliphatic heterocycles. The SMILES string of the molecule is C1CCN(CC23CC4CC(CC(C4)C2)C3)CC1.Cl. The monoisotopic (exact) mass is 269 g/mol. The zero-order valence-corrected chi connectivity index (χ0v) is 12.4. The second-order valence-corrected chi connectivity index (χ2v) is 7.75. The highest BCUT2D eigenvalue weighted by Gasteiger charge is 2.51. The first kappa shape index (κ1) is 13.2. The van der Waals surface area contributed by atoms with E-state index in [9.17, 15) is 0 Å². The van der Waals surface area contributed by atoms with E-state index in [0.717, 1.165) is 23.2 Å². The Labute approximate surface area is 118 Å². The molecule has 0 N–H and O–H groups in total. The van der Waals surface area contributed by atoms with Gasteiger partial charge in [-0.1, -0.05) is 6.42 Å². The molecule has 4 aliphatic carbocycles. The molecule has 0 spiro atoms. The molecule has 1 nitrogen and oxygen atoms in total. The van der Waals surface area contributed by atoms with Crippen LogP contribution in [0.2, 0.25) is 0 Å². The van der Waals surface area contributed by atoms with E-state index >= 15 is 0 Å². The summed E-state index contributed by atoms with van der Waals surface area (Å²) in [5.41, 5.74) is 0.784. The first-order valence-electron chi connectivity index (χ1n) is 8.04. The maximum Gasteiger partial charge on any atom is 0.00383 e. The number of piperidine rings is 1. The molecule has 5 aliphatic rings. The molecule has 2 heteroatoms. The lowest BCUT2D eigenvalue weighted by atomic mass is 9.49. The minimum absolute atomic E-state index is 0. The van der Waals surface area contributed by atoms with Gasteiger partial charge >= 0.3 is 0 Å². The fourth-order valence-corrected chi connectivity index (χ4v) is 6.08. The lowest BCUT2D eigenvalue weighted by molar-refractivity contribution is -0.0709. The van der Waals surface area contributed by atoms with Crippen molar-refractivity contribution in [2.45, 2.75) is 57.8 Å². The van der Waals surface area contributed by atoms with Crippen LogP contribution < -0.4 is 0 Å². The van der Waals surface area contributed by atoms with E-state index < -0.39 is 0 Å². The quantitative estimate of drug-likeness (QED) is 0.729. The Morgan fingerprint density at radius 2 is 1.28 bits per heavy atom. The van der Waals surface area contributed by atoms with E-state index in [1.807, 2.05) is 0 Å². The van der Waals surface area contributed by atoms with Crippen LogP contribution in [0.25, 0.3) is 0 Å². The van der Waals surface area contributed by atoms with Crippen LogP contribution in [0.5, 0.6) is 0 Å². The highest BCUT2D eigenvalue weighted by Crippen LogP contribution is 2.60. The number of rotatable bonds is 2. The Morgan fingerprint density at radius 3 is 1.78 bits per heavy atom. The van der Waals surface area contributed by atoms with Gasteiger partial charge in [-0.05, 0) is 87.6 Å². The van der Waals surface area contributed by atoms with Crippen molar-refractivity contribution in [2.24, 2.45) is 23.2 Å². The van der Waals surface area contributed by atoms with Crippen molar-refractivity contribution in [2.75, 3.05) is 19.6 Å². The number of likely N-dealkylation sites (tertiary alicyclic amines) is 1. The van der Waals surface area contributed by atoms with Crippen LogP contribution in [-0.2, 0) is 0 Å². The fraction of sp³-hybridized carbons (Fsp3) is 1.00. The normalized spacial score (nSPS) is 47.0. The van der Waals surface area contributed by atoms with Crippen molar-refractivity contribution < 1.29 is 0 Å². The second-order valence-electron chi connectivity index (χ2n) is 7.75. The summed E-state index contributed by atoms with van der Waals surface area (Å²) in [5, 5.41) is 0. The predicted octanol–water partition coefficient (Wildman–Crippen LogP) is 4.11. The van der Waals surface area contributed by atoms with E-state index in [-0.39, 0.29) is 12.4 Å². The molecule has 0 aromatic rings. The van der Waals surface area contributed by atoms with Gasteiger partial charge in [-0.25, -0.2) is 0 Å². The Balaban J connectivity index is 0.000001000. The van der Waals surface area contributed by atoms with Crippen molar-refractivity contribution >= 4 is 12.4 Å². The van der Waals surface area contributed by atoms with Gasteiger partial charge in [-0.15, -0.1) is 12.4 Å². The van der Waals surface area contributed by atoms with Gasteiger partial charge in [0.1, 0.15) is 0 Å². The molecule has 0 unspecified atom stereocenters. The van der Waals surface area contributed by atoms with Crippen molar-refractivity contribution in [1.29, 1.82) is 0 Å². The summed E-state index contributed by atoms with van der Waals surface area (Å²) in [6.07, 6.45) is 14.0. The first-order valence-corrected chi connectivity index (χ1v) is 8.04. The topological polar surface area (TPSA) is 3.24 Å². The number of hydrogen-bond donors (Lipinski definition) is 0. The minimum atomic E-state index is 0. The Hall–Kier alpha value is 0.250. The van der Waals surface area contributed by atoms with E-state index in [4.69, 9.17) is 0 Å². The van der Waals surface area contributed by atoms with E-state index in [2.05, 4.69) is 4.90 Å². The van der Waals surface area contributed by atoms with Crippen LogP contribution in [0, 0.1) is 23.2 Å². The van der Waals surface area contributed by atoms with Crippen LogP contribution in [0.3, 0.4) is 0 Å². The van der Waals surface area contributed by atoms with Gasteiger partial charge in [0, 0.05) is 6.54 Å². The molecular formula is C16H28ClN. The van der Waals surface area contributed by atoms with Crippen LogP contribution in [0.4, 0.5) is 0 Å². The smallest absolute Gasteiger partial charge is 0.00383 e. The predicted molar refractivity (Wildman–Crippen MR) is 78.1 cm³/mol. The van der Waals surface area contributed by atoms with Gasteiger partial charge in [0.2, 0.25) is 0 Å². The third-order valence-corrected chi connectivity index (χ3v) is 6.17. The molecule has 1 heterocycles. The molecule has 0 atom stereocenters. The van der Waals surface area contributed by atoms with Crippen molar-refractivity contribution in [1.82, 2.24) is 4.90 Å². The lowest BCUT2D eigenvalue weighted by Gasteiger charge is -2.58. The second kappa shape index (κ2) is 4.98. The van der Waals surface area contributed by atoms with Crippen LogP contribution in [0.1, 0.15) is 57.8 Å². The van der Waals surface area contributed by atoms with Gasteiger partial charge in [-0.2, -0.15) is 0 Å². The molecule has 0 aromatic heterocycles. The number of nitrogens with zero attached hydrogens (tertiary/aromatic N) is 1. The van der Waals surface area contributed by atoms with E-state index in [1.54, 1.807) is 38.5 Å². The summed E-state index contributed by atoms with van der Waals surface area (Å²) in [6.45, 7) is 4.28. The van der Waals surface area contributed by atoms with E-state index in [0.29, 0.717) is 0 Å². The summed E-state index contributed by atoms with van der Waals surface area (Å²) >= 11 is 0. The maximum absolute atomic E-state index is 2.82. The molecule has 4 saturated carbocycles. The first-order chi connectivity index (χ1) is 8.31. The van der Waals surface area contributed by atoms with Crippen molar-refractivity contribution in [3.05, 3.63) is 0 Å².